The lowest BCUT2D eigenvalue weighted by atomic mass is 9.89. The smallest absolute Gasteiger partial charge is 0.319 e. The van der Waals surface area contributed by atoms with Gasteiger partial charge >= 0.3 is 6.03 Å². The monoisotopic (exact) mass is 359 g/mol. The molecule has 1 aromatic heterocycles. The fraction of sp³-hybridized carbons (Fsp3) is 0.667. The number of amides is 2. The number of carbonyl (C=O) groups excluding carboxylic acids is 1. The fourth-order valence-corrected chi connectivity index (χ4v) is 3.42. The third kappa shape index (κ3) is 3.85. The van der Waals surface area contributed by atoms with E-state index >= 15 is 0 Å². The molecule has 1 saturated carbocycles. The summed E-state index contributed by atoms with van der Waals surface area (Å²) in [6, 6.07) is -0.342. The molecule has 2 amide bonds. The van der Waals surface area contributed by atoms with Gasteiger partial charge in [-0.2, -0.15) is 4.98 Å². The van der Waals surface area contributed by atoms with Crippen molar-refractivity contribution in [2.24, 2.45) is 0 Å². The van der Waals surface area contributed by atoms with Gasteiger partial charge in [-0.25, -0.2) is 18.6 Å². The quantitative estimate of drug-likeness (QED) is 0.642. The molecule has 1 aromatic rings. The van der Waals surface area contributed by atoms with Crippen molar-refractivity contribution < 1.29 is 13.6 Å². The van der Waals surface area contributed by atoms with Crippen LogP contribution >= 0.6 is 11.6 Å². The van der Waals surface area contributed by atoms with Crippen molar-refractivity contribution in [1.29, 1.82) is 0 Å². The summed E-state index contributed by atoms with van der Waals surface area (Å²) in [7, 11) is 0. The zero-order valence-corrected chi connectivity index (χ0v) is 14.0. The van der Waals surface area contributed by atoms with Gasteiger partial charge in [0.25, 0.3) is 0 Å². The second-order valence-corrected chi connectivity index (χ2v) is 6.70. The number of hydrogen-bond acceptors (Lipinski definition) is 4. The summed E-state index contributed by atoms with van der Waals surface area (Å²) in [6.07, 6.45) is 4.44. The molecule has 1 aliphatic heterocycles. The first-order chi connectivity index (χ1) is 11.5. The third-order valence-corrected chi connectivity index (χ3v) is 4.73. The Morgan fingerprint density at radius 2 is 2.12 bits per heavy atom. The van der Waals surface area contributed by atoms with Gasteiger partial charge in [-0.1, -0.05) is 6.42 Å². The highest BCUT2D eigenvalue weighted by atomic mass is 35.5. The molecule has 0 aromatic carbocycles. The molecule has 1 atom stereocenters. The summed E-state index contributed by atoms with van der Waals surface area (Å²) in [5, 5.41) is 5.86. The molecule has 1 aliphatic carbocycles. The summed E-state index contributed by atoms with van der Waals surface area (Å²) in [5.41, 5.74) is -0.817. The van der Waals surface area contributed by atoms with Crippen molar-refractivity contribution in [3.05, 3.63) is 17.3 Å². The molecule has 3 rings (SSSR count). The lowest BCUT2D eigenvalue weighted by Crippen LogP contribution is -2.58. The van der Waals surface area contributed by atoms with E-state index in [4.69, 9.17) is 11.6 Å². The molecule has 2 heterocycles. The van der Waals surface area contributed by atoms with Gasteiger partial charge in [-0.3, -0.25) is 0 Å². The standard InChI is InChI=1S/C15H20ClF2N5O/c16-13-19-8-11(18)12(20-13)21-15(5-2-1-3-6-15)22-14(24)23-7-4-10(17)9-23/h8,10H,1-7,9H2,(H,22,24)(H,19,20,21)/t10-/m0/s1. The van der Waals surface area contributed by atoms with Crippen molar-refractivity contribution in [2.45, 2.75) is 50.4 Å². The van der Waals surface area contributed by atoms with Crippen LogP contribution in [-0.4, -0.2) is 45.8 Å². The first-order valence-corrected chi connectivity index (χ1v) is 8.53. The zero-order valence-electron chi connectivity index (χ0n) is 13.2. The van der Waals surface area contributed by atoms with Crippen molar-refractivity contribution in [1.82, 2.24) is 20.2 Å². The SMILES string of the molecule is O=C(NC1(Nc2nc(Cl)ncc2F)CCCCC1)N1CC[C@H](F)C1. The number of aromatic nitrogens is 2. The molecule has 2 fully saturated rings. The fourth-order valence-electron chi connectivity index (χ4n) is 3.28. The molecule has 2 N–H and O–H groups in total. The summed E-state index contributed by atoms with van der Waals surface area (Å²) >= 11 is 5.74. The highest BCUT2D eigenvalue weighted by Gasteiger charge is 2.37. The van der Waals surface area contributed by atoms with Crippen molar-refractivity contribution in [3.63, 3.8) is 0 Å². The predicted octanol–water partition coefficient (Wildman–Crippen LogP) is 3.09. The minimum atomic E-state index is -0.982. The number of likely N-dealkylation sites (tertiary alicyclic amines) is 1. The maximum atomic E-state index is 14.0. The Morgan fingerprint density at radius 3 is 2.79 bits per heavy atom. The zero-order chi connectivity index (χ0) is 17.2. The summed E-state index contributed by atoms with van der Waals surface area (Å²) in [4.78, 5) is 21.4. The Kier molecular flexibility index (Phi) is 5.03. The highest BCUT2D eigenvalue weighted by Crippen LogP contribution is 2.30. The number of urea groups is 1. The molecule has 0 bridgehead atoms. The first kappa shape index (κ1) is 17.1. The average molecular weight is 360 g/mol. The second-order valence-electron chi connectivity index (χ2n) is 6.37. The lowest BCUT2D eigenvalue weighted by molar-refractivity contribution is 0.181. The summed E-state index contributed by atoms with van der Waals surface area (Å²) in [6.45, 7) is 0.479. The Labute approximate surface area is 144 Å². The van der Waals surface area contributed by atoms with Crippen LogP contribution in [0.3, 0.4) is 0 Å². The van der Waals surface area contributed by atoms with E-state index in [1.54, 1.807) is 0 Å². The second kappa shape index (κ2) is 7.04. The molecule has 9 heteroatoms. The van der Waals surface area contributed by atoms with Crippen LogP contribution in [0.5, 0.6) is 0 Å². The van der Waals surface area contributed by atoms with Gasteiger partial charge in [0.1, 0.15) is 11.8 Å². The van der Waals surface area contributed by atoms with E-state index in [2.05, 4.69) is 20.6 Å². The Balaban J connectivity index is 1.77. The normalized spacial score (nSPS) is 23.1. The van der Waals surface area contributed by atoms with Crippen molar-refractivity contribution in [2.75, 3.05) is 18.4 Å². The predicted molar refractivity (Wildman–Crippen MR) is 86.1 cm³/mol. The van der Waals surface area contributed by atoms with E-state index in [0.717, 1.165) is 25.5 Å². The summed E-state index contributed by atoms with van der Waals surface area (Å²) in [5.74, 6) is -0.675. The highest BCUT2D eigenvalue weighted by molar-refractivity contribution is 6.28. The van der Waals surface area contributed by atoms with E-state index in [9.17, 15) is 13.6 Å². The van der Waals surface area contributed by atoms with Crippen LogP contribution in [0, 0.1) is 5.82 Å². The van der Waals surface area contributed by atoms with Gasteiger partial charge < -0.3 is 15.5 Å². The maximum absolute atomic E-state index is 14.0. The third-order valence-electron chi connectivity index (χ3n) is 4.54. The van der Waals surface area contributed by atoms with E-state index in [0.29, 0.717) is 25.8 Å². The molecular formula is C15H20ClF2N5O. The lowest BCUT2D eigenvalue weighted by Gasteiger charge is -2.40. The van der Waals surface area contributed by atoms with E-state index in [-0.39, 0.29) is 23.7 Å². The number of halogens is 3. The van der Waals surface area contributed by atoms with Crippen molar-refractivity contribution in [3.8, 4) is 0 Å². The van der Waals surface area contributed by atoms with Gasteiger partial charge in [0.2, 0.25) is 5.28 Å². The Morgan fingerprint density at radius 1 is 1.38 bits per heavy atom. The Hall–Kier alpha value is -1.70. The Bertz CT molecular complexity index is 612. The molecule has 1 saturated heterocycles. The van der Waals surface area contributed by atoms with Gasteiger partial charge in [0, 0.05) is 6.54 Å². The van der Waals surface area contributed by atoms with Crippen LogP contribution in [0.1, 0.15) is 38.5 Å². The number of rotatable bonds is 3. The number of nitrogens with zero attached hydrogens (tertiary/aromatic N) is 3. The van der Waals surface area contributed by atoms with Gasteiger partial charge in [0.15, 0.2) is 11.6 Å². The van der Waals surface area contributed by atoms with Crippen molar-refractivity contribution >= 4 is 23.4 Å². The molecule has 2 aliphatic rings. The van der Waals surface area contributed by atoms with E-state index in [1.165, 1.54) is 4.90 Å². The number of nitrogens with one attached hydrogen (secondary N) is 2. The van der Waals surface area contributed by atoms with Crippen LogP contribution in [0.2, 0.25) is 5.28 Å². The van der Waals surface area contributed by atoms with E-state index in [1.807, 2.05) is 0 Å². The summed E-state index contributed by atoms with van der Waals surface area (Å²) < 4.78 is 27.3. The van der Waals surface area contributed by atoms with Crippen LogP contribution < -0.4 is 10.6 Å². The van der Waals surface area contributed by atoms with Gasteiger partial charge in [-0.15, -0.1) is 0 Å². The topological polar surface area (TPSA) is 70.1 Å². The van der Waals surface area contributed by atoms with Crippen LogP contribution in [0.25, 0.3) is 0 Å². The number of carbonyl (C=O) groups is 1. The van der Waals surface area contributed by atoms with Crippen LogP contribution in [-0.2, 0) is 0 Å². The molecule has 24 heavy (non-hydrogen) atoms. The maximum Gasteiger partial charge on any atom is 0.319 e. The largest absolute Gasteiger partial charge is 0.345 e. The van der Waals surface area contributed by atoms with Gasteiger partial charge in [-0.05, 0) is 43.7 Å². The molecule has 0 spiro atoms. The van der Waals surface area contributed by atoms with Crippen LogP contribution in [0.4, 0.5) is 19.4 Å². The molecule has 0 unspecified atom stereocenters. The molecule has 132 valence electrons. The molecule has 6 nitrogen and oxygen atoms in total. The minimum absolute atomic E-state index is 0.0398. The number of anilines is 1. The van der Waals surface area contributed by atoms with E-state index < -0.39 is 17.7 Å². The van der Waals surface area contributed by atoms with Gasteiger partial charge in [0.05, 0.1) is 12.7 Å². The number of hydrogen-bond donors (Lipinski definition) is 2. The molecule has 0 radical (unpaired) electrons. The van der Waals surface area contributed by atoms with Crippen LogP contribution in [0.15, 0.2) is 6.20 Å². The minimum Gasteiger partial charge on any atom is -0.345 e. The molecular weight excluding hydrogens is 340 g/mol. The average Bonchev–Trinajstić information content (AvgIpc) is 2.98. The number of alkyl halides is 1. The first-order valence-electron chi connectivity index (χ1n) is 8.15.